The molecule has 0 radical (unpaired) electrons. The molecule has 1 aromatic rings. The lowest BCUT2D eigenvalue weighted by molar-refractivity contribution is -0.145. The molecule has 1 atom stereocenters. The molecular formula is C20H29BrN2O4S. The van der Waals surface area contributed by atoms with E-state index >= 15 is 0 Å². The third-order valence-corrected chi connectivity index (χ3v) is 8.09. The number of rotatable bonds is 5. The molecule has 0 N–H and O–H groups in total. The Morgan fingerprint density at radius 3 is 2.50 bits per heavy atom. The van der Waals surface area contributed by atoms with Crippen LogP contribution in [0.2, 0.25) is 0 Å². The van der Waals surface area contributed by atoms with E-state index < -0.39 is 22.0 Å². The fourth-order valence-corrected chi connectivity index (χ4v) is 6.06. The first-order valence-corrected chi connectivity index (χ1v) is 12.3. The van der Waals surface area contributed by atoms with Crippen LogP contribution >= 0.6 is 15.9 Å². The Bertz CT molecular complexity index is 763. The van der Waals surface area contributed by atoms with E-state index in [2.05, 4.69) is 20.8 Å². The van der Waals surface area contributed by atoms with Crippen molar-refractivity contribution >= 4 is 31.9 Å². The van der Waals surface area contributed by atoms with Crippen LogP contribution in [0.25, 0.3) is 0 Å². The lowest BCUT2D eigenvalue weighted by atomic mass is 9.89. The highest BCUT2D eigenvalue weighted by atomic mass is 79.9. The van der Waals surface area contributed by atoms with Crippen molar-refractivity contribution in [2.75, 3.05) is 32.5 Å². The van der Waals surface area contributed by atoms with Gasteiger partial charge in [0.2, 0.25) is 10.0 Å². The van der Waals surface area contributed by atoms with E-state index in [9.17, 15) is 13.2 Å². The Morgan fingerprint density at radius 1 is 1.18 bits per heavy atom. The molecule has 0 spiro atoms. The SMILES string of the molecule is COC(=O)C1CN(CC2CCCCC2)CCS(=O)(=O)N1Cc1ccc(Br)cc1. The predicted octanol–water partition coefficient (Wildman–Crippen LogP) is 3.02. The summed E-state index contributed by atoms with van der Waals surface area (Å²) in [5.41, 5.74) is 0.849. The standard InChI is InChI=1S/C20H29BrN2O4S/c1-27-20(24)19-15-22(13-16-5-3-2-4-6-16)11-12-28(25,26)23(19)14-17-7-9-18(21)10-8-17/h7-10,16,19H,2-6,11-15H2,1H3. The molecular weight excluding hydrogens is 444 g/mol. The number of hydrogen-bond donors (Lipinski definition) is 0. The lowest BCUT2D eigenvalue weighted by Gasteiger charge is -2.31. The van der Waals surface area contributed by atoms with Crippen LogP contribution in [0, 0.1) is 5.92 Å². The molecule has 1 aliphatic heterocycles. The Hall–Kier alpha value is -0.960. The smallest absolute Gasteiger partial charge is 0.325 e. The van der Waals surface area contributed by atoms with Crippen molar-refractivity contribution < 1.29 is 17.9 Å². The number of sulfonamides is 1. The van der Waals surface area contributed by atoms with E-state index in [0.717, 1.165) is 16.6 Å². The number of ether oxygens (including phenoxy) is 1. The highest BCUT2D eigenvalue weighted by molar-refractivity contribution is 9.10. The average Bonchev–Trinajstić information content (AvgIpc) is 2.81. The summed E-state index contributed by atoms with van der Waals surface area (Å²) in [5, 5.41) is 0. The second kappa shape index (κ2) is 9.69. The van der Waals surface area contributed by atoms with E-state index in [4.69, 9.17) is 4.74 Å². The second-order valence-corrected chi connectivity index (χ2v) is 10.7. The first-order chi connectivity index (χ1) is 13.4. The van der Waals surface area contributed by atoms with Crippen LogP contribution in [0.15, 0.2) is 28.7 Å². The molecule has 1 unspecified atom stereocenters. The summed E-state index contributed by atoms with van der Waals surface area (Å²) in [6.45, 7) is 1.88. The molecule has 1 heterocycles. The van der Waals surface area contributed by atoms with Crippen LogP contribution in [-0.4, -0.2) is 62.1 Å². The molecule has 0 bridgehead atoms. The maximum absolute atomic E-state index is 13.0. The van der Waals surface area contributed by atoms with E-state index in [1.165, 1.54) is 43.5 Å². The van der Waals surface area contributed by atoms with Crippen molar-refractivity contribution in [1.29, 1.82) is 0 Å². The molecule has 0 amide bonds. The molecule has 1 aromatic carbocycles. The molecule has 0 aromatic heterocycles. The topological polar surface area (TPSA) is 66.9 Å². The zero-order valence-corrected chi connectivity index (χ0v) is 18.8. The summed E-state index contributed by atoms with van der Waals surface area (Å²) in [7, 11) is -2.24. The van der Waals surface area contributed by atoms with Crippen molar-refractivity contribution in [3.63, 3.8) is 0 Å². The van der Waals surface area contributed by atoms with Gasteiger partial charge in [-0.25, -0.2) is 8.42 Å². The molecule has 28 heavy (non-hydrogen) atoms. The van der Waals surface area contributed by atoms with Crippen LogP contribution in [-0.2, 0) is 26.1 Å². The van der Waals surface area contributed by atoms with Crippen LogP contribution in [0.5, 0.6) is 0 Å². The minimum absolute atomic E-state index is 0.0315. The van der Waals surface area contributed by atoms with Crippen molar-refractivity contribution in [2.45, 2.75) is 44.7 Å². The number of halogens is 1. The van der Waals surface area contributed by atoms with Crippen molar-refractivity contribution in [1.82, 2.24) is 9.21 Å². The van der Waals surface area contributed by atoms with Crippen molar-refractivity contribution in [3.05, 3.63) is 34.3 Å². The Balaban J connectivity index is 1.81. The molecule has 1 saturated heterocycles. The second-order valence-electron chi connectivity index (χ2n) is 7.79. The summed E-state index contributed by atoms with van der Waals surface area (Å²) in [6.07, 6.45) is 6.15. The fourth-order valence-electron chi connectivity index (χ4n) is 4.19. The van der Waals surface area contributed by atoms with E-state index in [0.29, 0.717) is 19.0 Å². The number of nitrogens with zero attached hydrogens (tertiary/aromatic N) is 2. The molecule has 3 rings (SSSR count). The minimum atomic E-state index is -3.57. The highest BCUT2D eigenvalue weighted by Gasteiger charge is 2.40. The van der Waals surface area contributed by atoms with Crippen LogP contribution in [0.3, 0.4) is 0 Å². The average molecular weight is 473 g/mol. The summed E-state index contributed by atoms with van der Waals surface area (Å²) >= 11 is 3.39. The minimum Gasteiger partial charge on any atom is -0.468 e. The predicted molar refractivity (Wildman–Crippen MR) is 112 cm³/mol. The number of hydrogen-bond acceptors (Lipinski definition) is 5. The highest BCUT2D eigenvalue weighted by Crippen LogP contribution is 2.26. The summed E-state index contributed by atoms with van der Waals surface area (Å²) < 4.78 is 33.3. The van der Waals surface area contributed by atoms with Gasteiger partial charge in [-0.1, -0.05) is 47.3 Å². The van der Waals surface area contributed by atoms with Gasteiger partial charge in [0.15, 0.2) is 0 Å². The molecule has 156 valence electrons. The first kappa shape index (κ1) is 21.7. The lowest BCUT2D eigenvalue weighted by Crippen LogP contribution is -2.48. The summed E-state index contributed by atoms with van der Waals surface area (Å²) in [5.74, 6) is 0.132. The largest absolute Gasteiger partial charge is 0.468 e. The Kier molecular flexibility index (Phi) is 7.53. The summed E-state index contributed by atoms with van der Waals surface area (Å²) in [6, 6.07) is 6.69. The van der Waals surface area contributed by atoms with Gasteiger partial charge in [-0.2, -0.15) is 4.31 Å². The van der Waals surface area contributed by atoms with E-state index in [1.807, 2.05) is 24.3 Å². The number of esters is 1. The summed E-state index contributed by atoms with van der Waals surface area (Å²) in [4.78, 5) is 14.7. The van der Waals surface area contributed by atoms with Gasteiger partial charge in [0.05, 0.1) is 12.9 Å². The number of benzene rings is 1. The number of carbonyl (C=O) groups is 1. The van der Waals surface area contributed by atoms with Crippen LogP contribution < -0.4 is 0 Å². The molecule has 6 nitrogen and oxygen atoms in total. The van der Waals surface area contributed by atoms with Gasteiger partial charge in [-0.15, -0.1) is 0 Å². The van der Waals surface area contributed by atoms with Gasteiger partial charge in [-0.3, -0.25) is 9.69 Å². The zero-order valence-electron chi connectivity index (χ0n) is 16.3. The van der Waals surface area contributed by atoms with Gasteiger partial charge < -0.3 is 4.74 Å². The molecule has 2 fully saturated rings. The van der Waals surface area contributed by atoms with Crippen molar-refractivity contribution in [3.8, 4) is 0 Å². The maximum atomic E-state index is 13.0. The third-order valence-electron chi connectivity index (χ3n) is 5.77. The van der Waals surface area contributed by atoms with E-state index in [1.54, 1.807) is 0 Å². The normalized spacial score (nSPS) is 24.6. The monoisotopic (exact) mass is 472 g/mol. The molecule has 2 aliphatic rings. The Morgan fingerprint density at radius 2 is 1.86 bits per heavy atom. The van der Waals surface area contributed by atoms with Gasteiger partial charge in [0, 0.05) is 30.7 Å². The van der Waals surface area contributed by atoms with Crippen LogP contribution in [0.1, 0.15) is 37.7 Å². The fraction of sp³-hybridized carbons (Fsp3) is 0.650. The number of carbonyl (C=O) groups excluding carboxylic acids is 1. The third kappa shape index (κ3) is 5.55. The number of methoxy groups -OCH3 is 1. The van der Waals surface area contributed by atoms with E-state index in [-0.39, 0.29) is 12.3 Å². The van der Waals surface area contributed by atoms with Gasteiger partial charge in [0.1, 0.15) is 6.04 Å². The van der Waals surface area contributed by atoms with Crippen LogP contribution in [0.4, 0.5) is 0 Å². The molecule has 8 heteroatoms. The van der Waals surface area contributed by atoms with Gasteiger partial charge >= 0.3 is 5.97 Å². The van der Waals surface area contributed by atoms with Gasteiger partial charge in [-0.05, 0) is 36.5 Å². The zero-order chi connectivity index (χ0) is 20.1. The molecule has 1 saturated carbocycles. The van der Waals surface area contributed by atoms with Gasteiger partial charge in [0.25, 0.3) is 0 Å². The molecule has 1 aliphatic carbocycles. The Labute approximate surface area is 176 Å². The first-order valence-electron chi connectivity index (χ1n) is 9.93. The van der Waals surface area contributed by atoms with Crippen molar-refractivity contribution in [2.24, 2.45) is 5.92 Å². The quantitative estimate of drug-likeness (QED) is 0.616. The maximum Gasteiger partial charge on any atom is 0.325 e.